The van der Waals surface area contributed by atoms with Gasteiger partial charge in [0.15, 0.2) is 0 Å². The second kappa shape index (κ2) is 5.83. The third kappa shape index (κ3) is 2.96. The van der Waals surface area contributed by atoms with Crippen molar-refractivity contribution in [1.82, 2.24) is 9.80 Å². The minimum Gasteiger partial charge on any atom is -0.399 e. The zero-order valence-electron chi connectivity index (χ0n) is 11.9. The third-order valence-electron chi connectivity index (χ3n) is 4.53. The number of anilines is 1. The summed E-state index contributed by atoms with van der Waals surface area (Å²) in [6, 6.07) is 7.27. The lowest BCUT2D eigenvalue weighted by atomic mass is 9.85. The summed E-state index contributed by atoms with van der Waals surface area (Å²) in [4.78, 5) is 16.9. The number of benzene rings is 1. The van der Waals surface area contributed by atoms with Crippen molar-refractivity contribution in [2.24, 2.45) is 5.92 Å². The van der Waals surface area contributed by atoms with Gasteiger partial charge in [-0.2, -0.15) is 0 Å². The van der Waals surface area contributed by atoms with E-state index in [-0.39, 0.29) is 5.91 Å². The fourth-order valence-corrected chi connectivity index (χ4v) is 3.03. The highest BCUT2D eigenvalue weighted by Crippen LogP contribution is 2.27. The first-order valence-corrected chi connectivity index (χ1v) is 7.59. The van der Waals surface area contributed by atoms with Crippen molar-refractivity contribution in [3.8, 4) is 0 Å². The van der Waals surface area contributed by atoms with Gasteiger partial charge in [-0.25, -0.2) is 0 Å². The van der Waals surface area contributed by atoms with Crippen LogP contribution in [0.25, 0.3) is 0 Å². The Hall–Kier alpha value is -1.55. The Bertz CT molecular complexity index is 476. The lowest BCUT2D eigenvalue weighted by molar-refractivity contribution is 0.0591. The average molecular weight is 273 g/mol. The number of hydrogen-bond acceptors (Lipinski definition) is 3. The maximum atomic E-state index is 12.4. The summed E-state index contributed by atoms with van der Waals surface area (Å²) >= 11 is 0. The van der Waals surface area contributed by atoms with E-state index in [0.29, 0.717) is 11.3 Å². The van der Waals surface area contributed by atoms with E-state index in [4.69, 9.17) is 5.73 Å². The number of nitrogen functional groups attached to an aromatic ring is 1. The molecule has 1 heterocycles. The van der Waals surface area contributed by atoms with Gasteiger partial charge >= 0.3 is 0 Å². The van der Waals surface area contributed by atoms with Crippen molar-refractivity contribution < 1.29 is 4.79 Å². The topological polar surface area (TPSA) is 49.6 Å². The number of carbonyl (C=O) groups excluding carboxylic acids is 1. The van der Waals surface area contributed by atoms with E-state index in [1.54, 1.807) is 6.07 Å². The van der Waals surface area contributed by atoms with Crippen molar-refractivity contribution >= 4 is 11.6 Å². The molecule has 4 nitrogen and oxygen atoms in total. The number of piperazine rings is 1. The van der Waals surface area contributed by atoms with Crippen molar-refractivity contribution in [3.05, 3.63) is 29.8 Å². The van der Waals surface area contributed by atoms with Crippen molar-refractivity contribution in [2.45, 2.75) is 19.3 Å². The van der Waals surface area contributed by atoms with Gasteiger partial charge in [0, 0.05) is 44.0 Å². The van der Waals surface area contributed by atoms with Crippen LogP contribution in [0.4, 0.5) is 5.69 Å². The maximum Gasteiger partial charge on any atom is 0.254 e. The second-order valence-corrected chi connectivity index (χ2v) is 6.02. The Morgan fingerprint density at radius 3 is 2.55 bits per heavy atom. The van der Waals surface area contributed by atoms with Crippen LogP contribution in [-0.4, -0.2) is 48.4 Å². The fraction of sp³-hybridized carbons (Fsp3) is 0.562. The molecule has 1 aromatic carbocycles. The molecule has 0 aromatic heterocycles. The number of hydrogen-bond donors (Lipinski definition) is 1. The number of rotatable bonds is 3. The van der Waals surface area contributed by atoms with Crippen LogP contribution in [0.15, 0.2) is 24.3 Å². The predicted octanol–water partition coefficient (Wildman–Crippen LogP) is 1.83. The van der Waals surface area contributed by atoms with Crippen molar-refractivity contribution in [3.63, 3.8) is 0 Å². The van der Waals surface area contributed by atoms with Crippen molar-refractivity contribution in [2.75, 3.05) is 38.5 Å². The Kier molecular flexibility index (Phi) is 3.92. The average Bonchev–Trinajstić information content (AvgIpc) is 2.43. The first-order valence-electron chi connectivity index (χ1n) is 7.59. The summed E-state index contributed by atoms with van der Waals surface area (Å²) in [7, 11) is 0. The summed E-state index contributed by atoms with van der Waals surface area (Å²) in [5, 5.41) is 0. The molecular weight excluding hydrogens is 250 g/mol. The largest absolute Gasteiger partial charge is 0.399 e. The second-order valence-electron chi connectivity index (χ2n) is 6.02. The van der Waals surface area contributed by atoms with Crippen LogP contribution in [0.5, 0.6) is 0 Å². The van der Waals surface area contributed by atoms with Crippen molar-refractivity contribution in [1.29, 1.82) is 0 Å². The Balaban J connectivity index is 1.53. The van der Waals surface area contributed by atoms with Gasteiger partial charge < -0.3 is 10.6 Å². The Morgan fingerprint density at radius 1 is 1.20 bits per heavy atom. The molecule has 1 aliphatic carbocycles. The lowest BCUT2D eigenvalue weighted by Crippen LogP contribution is -2.50. The Morgan fingerprint density at radius 2 is 1.95 bits per heavy atom. The van der Waals surface area contributed by atoms with Gasteiger partial charge in [-0.1, -0.05) is 12.5 Å². The van der Waals surface area contributed by atoms with Crippen LogP contribution in [0.2, 0.25) is 0 Å². The molecular formula is C16H23N3O. The van der Waals surface area contributed by atoms with E-state index in [2.05, 4.69) is 4.90 Å². The standard InChI is InChI=1S/C16H23N3O/c17-15-6-2-5-14(11-15)16(20)19-9-7-18(8-10-19)12-13-3-1-4-13/h2,5-6,11,13H,1,3-4,7-10,12,17H2. The third-order valence-corrected chi connectivity index (χ3v) is 4.53. The lowest BCUT2D eigenvalue weighted by Gasteiger charge is -2.38. The van der Waals surface area contributed by atoms with Gasteiger partial charge in [0.25, 0.3) is 5.91 Å². The zero-order chi connectivity index (χ0) is 13.9. The van der Waals surface area contributed by atoms with Crippen LogP contribution in [0.1, 0.15) is 29.6 Å². The molecule has 0 unspecified atom stereocenters. The van der Waals surface area contributed by atoms with E-state index >= 15 is 0 Å². The summed E-state index contributed by atoms with van der Waals surface area (Å²) < 4.78 is 0. The molecule has 1 saturated heterocycles. The van der Waals surface area contributed by atoms with Gasteiger partial charge in [0.1, 0.15) is 0 Å². The van der Waals surface area contributed by atoms with Crippen LogP contribution >= 0.6 is 0 Å². The first-order chi connectivity index (χ1) is 9.72. The maximum absolute atomic E-state index is 12.4. The highest BCUT2D eigenvalue weighted by Gasteiger charge is 2.25. The first kappa shape index (κ1) is 13.4. The smallest absolute Gasteiger partial charge is 0.254 e. The molecule has 0 radical (unpaired) electrons. The van der Waals surface area contributed by atoms with Crippen LogP contribution in [-0.2, 0) is 0 Å². The van der Waals surface area contributed by atoms with E-state index in [0.717, 1.165) is 32.1 Å². The summed E-state index contributed by atoms with van der Waals surface area (Å²) in [5.41, 5.74) is 7.10. The molecule has 1 saturated carbocycles. The molecule has 0 bridgehead atoms. The molecule has 20 heavy (non-hydrogen) atoms. The van der Waals surface area contributed by atoms with Crippen LogP contribution in [0.3, 0.4) is 0 Å². The summed E-state index contributed by atoms with van der Waals surface area (Å²) in [6.45, 7) is 4.90. The summed E-state index contributed by atoms with van der Waals surface area (Å²) in [6.07, 6.45) is 4.18. The van der Waals surface area contributed by atoms with Gasteiger partial charge in [0.2, 0.25) is 0 Å². The SMILES string of the molecule is Nc1cccc(C(=O)N2CCN(CC3CCC3)CC2)c1. The zero-order valence-corrected chi connectivity index (χ0v) is 11.9. The molecule has 2 fully saturated rings. The fourth-order valence-electron chi connectivity index (χ4n) is 3.03. The molecule has 0 atom stereocenters. The van der Waals surface area contributed by atoms with E-state index < -0.39 is 0 Å². The molecule has 2 N–H and O–H groups in total. The quantitative estimate of drug-likeness (QED) is 0.855. The molecule has 2 aliphatic rings. The molecule has 1 aromatic rings. The highest BCUT2D eigenvalue weighted by molar-refractivity contribution is 5.95. The van der Waals surface area contributed by atoms with Gasteiger partial charge in [-0.15, -0.1) is 0 Å². The van der Waals surface area contributed by atoms with E-state index in [1.165, 1.54) is 25.8 Å². The number of carbonyl (C=O) groups is 1. The predicted molar refractivity (Wildman–Crippen MR) is 80.5 cm³/mol. The van der Waals surface area contributed by atoms with Crippen LogP contribution < -0.4 is 5.73 Å². The number of nitrogens with two attached hydrogens (primary N) is 1. The number of amides is 1. The molecule has 0 spiro atoms. The Labute approximate surface area is 120 Å². The minimum absolute atomic E-state index is 0.112. The van der Waals surface area contributed by atoms with E-state index in [9.17, 15) is 4.79 Å². The number of nitrogens with zero attached hydrogens (tertiary/aromatic N) is 2. The van der Waals surface area contributed by atoms with Gasteiger partial charge in [-0.3, -0.25) is 9.69 Å². The highest BCUT2D eigenvalue weighted by atomic mass is 16.2. The minimum atomic E-state index is 0.112. The molecule has 1 aliphatic heterocycles. The molecule has 4 heteroatoms. The molecule has 3 rings (SSSR count). The van der Waals surface area contributed by atoms with Crippen LogP contribution in [0, 0.1) is 5.92 Å². The normalized spacial score (nSPS) is 20.7. The van der Waals surface area contributed by atoms with E-state index in [1.807, 2.05) is 23.1 Å². The molecule has 108 valence electrons. The van der Waals surface area contributed by atoms with Gasteiger partial charge in [-0.05, 0) is 37.0 Å². The van der Waals surface area contributed by atoms with Gasteiger partial charge in [0.05, 0.1) is 0 Å². The summed E-state index contributed by atoms with van der Waals surface area (Å²) in [5.74, 6) is 1.02. The monoisotopic (exact) mass is 273 g/mol. The molecule has 1 amide bonds.